The highest BCUT2D eigenvalue weighted by Crippen LogP contribution is 2.33. The van der Waals surface area contributed by atoms with E-state index in [1.807, 2.05) is 6.92 Å². The van der Waals surface area contributed by atoms with Crippen molar-refractivity contribution in [2.45, 2.75) is 32.1 Å². The van der Waals surface area contributed by atoms with Crippen molar-refractivity contribution < 1.29 is 0 Å². The zero-order valence-corrected chi connectivity index (χ0v) is 10.9. The lowest BCUT2D eigenvalue weighted by atomic mass is 9.89. The maximum Gasteiger partial charge on any atom is 0.115 e. The van der Waals surface area contributed by atoms with Crippen molar-refractivity contribution in [1.82, 2.24) is 9.97 Å². The van der Waals surface area contributed by atoms with Gasteiger partial charge in [0.2, 0.25) is 0 Å². The van der Waals surface area contributed by atoms with E-state index in [0.29, 0.717) is 5.92 Å². The highest BCUT2D eigenvalue weighted by molar-refractivity contribution is 9.10. The largest absolute Gasteiger partial charge is 0.244 e. The lowest BCUT2D eigenvalue weighted by molar-refractivity contribution is 0.477. The molecule has 78 valence electrons. The number of rotatable bonds is 3. The molecule has 0 spiro atoms. The minimum Gasteiger partial charge on any atom is -0.244 e. The molecule has 0 bridgehead atoms. The van der Waals surface area contributed by atoms with Gasteiger partial charge >= 0.3 is 0 Å². The van der Waals surface area contributed by atoms with E-state index in [2.05, 4.69) is 39.7 Å². The van der Waals surface area contributed by atoms with E-state index in [1.54, 1.807) is 12.5 Å². The molecule has 1 aromatic heterocycles. The first kappa shape index (κ1) is 11.9. The smallest absolute Gasteiger partial charge is 0.115 e. The van der Waals surface area contributed by atoms with Crippen LogP contribution in [0.4, 0.5) is 0 Å². The highest BCUT2D eigenvalue weighted by Gasteiger charge is 2.24. The molecule has 2 nitrogen and oxygen atoms in total. The van der Waals surface area contributed by atoms with E-state index in [1.165, 1.54) is 0 Å². The van der Waals surface area contributed by atoms with Crippen LogP contribution in [0, 0.1) is 5.92 Å². The lowest BCUT2D eigenvalue weighted by Gasteiger charge is -2.23. The molecule has 0 aromatic carbocycles. The van der Waals surface area contributed by atoms with Crippen molar-refractivity contribution in [3.8, 4) is 0 Å². The number of aromatic nitrogens is 2. The van der Waals surface area contributed by atoms with Gasteiger partial charge in [-0.25, -0.2) is 9.97 Å². The Morgan fingerprint density at radius 2 is 2.00 bits per heavy atom. The normalized spacial score (nSPS) is 15.6. The Kier molecular flexibility index (Phi) is 4.32. The predicted molar refractivity (Wildman–Crippen MR) is 62.6 cm³/mol. The predicted octanol–water partition coefficient (Wildman–Crippen LogP) is 3.61. The zero-order valence-electron chi connectivity index (χ0n) is 8.54. The van der Waals surface area contributed by atoms with Crippen molar-refractivity contribution in [1.29, 1.82) is 0 Å². The molecule has 1 rings (SSSR count). The van der Waals surface area contributed by atoms with Gasteiger partial charge in [0.1, 0.15) is 6.33 Å². The van der Waals surface area contributed by atoms with Gasteiger partial charge in [-0.1, -0.05) is 13.8 Å². The lowest BCUT2D eigenvalue weighted by Crippen LogP contribution is -2.17. The van der Waals surface area contributed by atoms with Gasteiger partial charge < -0.3 is 0 Å². The zero-order chi connectivity index (χ0) is 10.7. The summed E-state index contributed by atoms with van der Waals surface area (Å²) in [5, 5.41) is 0.0706. The second kappa shape index (κ2) is 5.08. The molecule has 1 aromatic rings. The Labute approximate surface area is 98.2 Å². The van der Waals surface area contributed by atoms with Gasteiger partial charge in [-0.05, 0) is 28.8 Å². The molecule has 0 saturated carbocycles. The van der Waals surface area contributed by atoms with Gasteiger partial charge in [-0.3, -0.25) is 0 Å². The summed E-state index contributed by atoms with van der Waals surface area (Å²) >= 11 is 9.61. The third-order valence-corrected chi connectivity index (χ3v) is 3.11. The molecule has 0 aliphatic heterocycles. The summed E-state index contributed by atoms with van der Waals surface area (Å²) in [7, 11) is 0. The maximum absolute atomic E-state index is 6.16. The van der Waals surface area contributed by atoms with Crippen LogP contribution in [0.25, 0.3) is 0 Å². The number of hydrogen-bond donors (Lipinski definition) is 0. The first-order valence-electron chi connectivity index (χ1n) is 4.63. The number of halogens is 2. The molecule has 2 atom stereocenters. The van der Waals surface area contributed by atoms with Crippen LogP contribution in [0.15, 0.2) is 17.0 Å². The average Bonchev–Trinajstić information content (AvgIpc) is 2.07. The van der Waals surface area contributed by atoms with E-state index in [-0.39, 0.29) is 11.3 Å². The minimum absolute atomic E-state index is 0.0706. The van der Waals surface area contributed by atoms with Gasteiger partial charge in [0.25, 0.3) is 0 Å². The fourth-order valence-electron chi connectivity index (χ4n) is 1.63. The highest BCUT2D eigenvalue weighted by atomic mass is 79.9. The second-order valence-corrected chi connectivity index (χ2v) is 5.25. The van der Waals surface area contributed by atoms with Gasteiger partial charge in [0, 0.05) is 17.5 Å². The summed E-state index contributed by atoms with van der Waals surface area (Å²) in [5.41, 5.74) is 0.998. The maximum atomic E-state index is 6.16. The van der Waals surface area contributed by atoms with E-state index in [4.69, 9.17) is 11.6 Å². The summed E-state index contributed by atoms with van der Waals surface area (Å²) in [6.45, 7) is 6.30. The molecule has 0 aliphatic carbocycles. The quantitative estimate of drug-likeness (QED) is 0.789. The Hall–Kier alpha value is -0.150. The van der Waals surface area contributed by atoms with Crippen LogP contribution < -0.4 is 0 Å². The van der Waals surface area contributed by atoms with Crippen LogP contribution in [-0.2, 0) is 0 Å². The Bertz CT molecular complexity index is 294. The van der Waals surface area contributed by atoms with E-state index < -0.39 is 0 Å². The monoisotopic (exact) mass is 276 g/mol. The number of hydrogen-bond acceptors (Lipinski definition) is 2. The Morgan fingerprint density at radius 1 is 1.36 bits per heavy atom. The van der Waals surface area contributed by atoms with Gasteiger partial charge in [-0.15, -0.1) is 11.6 Å². The van der Waals surface area contributed by atoms with Crippen LogP contribution in [0.5, 0.6) is 0 Å². The van der Waals surface area contributed by atoms with Crippen molar-refractivity contribution in [2.24, 2.45) is 5.92 Å². The van der Waals surface area contributed by atoms with Crippen LogP contribution in [-0.4, -0.2) is 15.3 Å². The van der Waals surface area contributed by atoms with E-state index in [9.17, 15) is 0 Å². The Morgan fingerprint density at radius 3 is 2.43 bits per heavy atom. The topological polar surface area (TPSA) is 25.8 Å². The molecular formula is C10H14BrClN2. The third kappa shape index (κ3) is 2.67. The molecule has 0 N–H and O–H groups in total. The molecule has 14 heavy (non-hydrogen) atoms. The average molecular weight is 278 g/mol. The first-order chi connectivity index (χ1) is 6.54. The fourth-order valence-corrected chi connectivity index (χ4v) is 2.53. The molecule has 2 unspecified atom stereocenters. The minimum atomic E-state index is 0.0706. The molecule has 0 radical (unpaired) electrons. The van der Waals surface area contributed by atoms with Gasteiger partial charge in [-0.2, -0.15) is 0 Å². The molecular weight excluding hydrogens is 263 g/mol. The summed E-state index contributed by atoms with van der Waals surface area (Å²) in [4.78, 5) is 8.22. The van der Waals surface area contributed by atoms with E-state index >= 15 is 0 Å². The molecule has 0 amide bonds. The number of nitrogens with zero attached hydrogens (tertiary/aromatic N) is 2. The van der Waals surface area contributed by atoms with E-state index in [0.717, 1.165) is 10.2 Å². The van der Waals surface area contributed by atoms with Crippen LogP contribution in [0.1, 0.15) is 32.4 Å². The van der Waals surface area contributed by atoms with Gasteiger partial charge in [0.05, 0.1) is 10.2 Å². The molecule has 0 aliphatic rings. The van der Waals surface area contributed by atoms with Crippen molar-refractivity contribution in [2.75, 3.05) is 0 Å². The van der Waals surface area contributed by atoms with Crippen LogP contribution in [0.2, 0.25) is 0 Å². The SMILES string of the molecule is CC(C)C(c1ncncc1Br)C(C)Cl. The van der Waals surface area contributed by atoms with Gasteiger partial charge in [0.15, 0.2) is 0 Å². The molecule has 4 heteroatoms. The molecule has 1 heterocycles. The Balaban J connectivity index is 3.05. The first-order valence-corrected chi connectivity index (χ1v) is 5.86. The van der Waals surface area contributed by atoms with Crippen molar-refractivity contribution in [3.05, 3.63) is 22.7 Å². The summed E-state index contributed by atoms with van der Waals surface area (Å²) in [5.74, 6) is 0.725. The summed E-state index contributed by atoms with van der Waals surface area (Å²) in [6.07, 6.45) is 3.33. The van der Waals surface area contributed by atoms with Crippen LogP contribution >= 0.6 is 27.5 Å². The third-order valence-electron chi connectivity index (χ3n) is 2.22. The number of alkyl halides is 1. The summed E-state index contributed by atoms with van der Waals surface area (Å²) in [6, 6.07) is 0. The molecule has 0 saturated heterocycles. The molecule has 0 fully saturated rings. The van der Waals surface area contributed by atoms with Crippen molar-refractivity contribution >= 4 is 27.5 Å². The fraction of sp³-hybridized carbons (Fsp3) is 0.600. The van der Waals surface area contributed by atoms with Crippen LogP contribution in [0.3, 0.4) is 0 Å². The van der Waals surface area contributed by atoms with Crippen molar-refractivity contribution in [3.63, 3.8) is 0 Å². The summed E-state index contributed by atoms with van der Waals surface area (Å²) < 4.78 is 0.936. The standard InChI is InChI=1S/C10H14BrClN2/c1-6(2)9(7(3)12)10-8(11)4-13-5-14-10/h4-7,9H,1-3H3. The second-order valence-electron chi connectivity index (χ2n) is 3.70.